The second kappa shape index (κ2) is 7.40. The van der Waals surface area contributed by atoms with Crippen LogP contribution in [-0.2, 0) is 28.4 Å². The first-order valence-corrected chi connectivity index (χ1v) is 8.88. The first-order chi connectivity index (χ1) is 10.0. The van der Waals surface area contributed by atoms with Crippen molar-refractivity contribution >= 4 is 10.0 Å². The molecule has 1 fully saturated rings. The predicted octanol–water partition coefficient (Wildman–Crippen LogP) is 0.840. The van der Waals surface area contributed by atoms with E-state index >= 15 is 0 Å². The first-order valence-electron chi connectivity index (χ1n) is 7.40. The molecule has 1 heterocycles. The summed E-state index contributed by atoms with van der Waals surface area (Å²) in [7, 11) is 0.253. The lowest BCUT2D eigenvalue weighted by Crippen LogP contribution is -2.25. The minimum Gasteiger partial charge on any atom is -0.381 e. The fourth-order valence-electron chi connectivity index (χ4n) is 2.08. The van der Waals surface area contributed by atoms with E-state index in [1.807, 2.05) is 18.7 Å². The second-order valence-electron chi connectivity index (χ2n) is 5.58. The van der Waals surface area contributed by atoms with Crippen LogP contribution in [0.2, 0.25) is 0 Å². The van der Waals surface area contributed by atoms with Crippen molar-refractivity contribution in [3.63, 3.8) is 0 Å². The Morgan fingerprint density at radius 2 is 2.19 bits per heavy atom. The summed E-state index contributed by atoms with van der Waals surface area (Å²) in [6, 6.07) is 1.70. The Balaban J connectivity index is 1.76. The van der Waals surface area contributed by atoms with Gasteiger partial charge < -0.3 is 14.6 Å². The van der Waals surface area contributed by atoms with Crippen molar-refractivity contribution in [3.8, 4) is 0 Å². The fraction of sp³-hybridized carbons (Fsp3) is 0.714. The van der Waals surface area contributed by atoms with E-state index in [1.54, 1.807) is 12.3 Å². The van der Waals surface area contributed by atoms with Crippen molar-refractivity contribution in [2.45, 2.75) is 30.7 Å². The highest BCUT2D eigenvalue weighted by Crippen LogP contribution is 2.28. The highest BCUT2D eigenvalue weighted by molar-refractivity contribution is 7.89. The molecule has 1 aliphatic carbocycles. The van der Waals surface area contributed by atoms with Gasteiger partial charge in [0.25, 0.3) is 0 Å². The Labute approximate surface area is 126 Å². The molecule has 0 bridgehead atoms. The maximum absolute atomic E-state index is 12.2. The molecule has 6 nitrogen and oxygen atoms in total. The van der Waals surface area contributed by atoms with Crippen LogP contribution < -0.4 is 10.0 Å². The lowest BCUT2D eigenvalue weighted by atomic mass is 10.4. The standard InChI is InChI=1S/C14H25N3O3S/c1-15-9-13-8-14(10-17(13)2)21(18,19)16-6-3-7-20-11-12-4-5-12/h8,10,12,15-16H,3-7,9,11H2,1-2H3. The van der Waals surface area contributed by atoms with Crippen molar-refractivity contribution < 1.29 is 13.2 Å². The van der Waals surface area contributed by atoms with E-state index in [0.29, 0.717) is 31.0 Å². The number of aromatic nitrogens is 1. The zero-order chi connectivity index (χ0) is 15.3. The van der Waals surface area contributed by atoms with Gasteiger partial charge in [-0.25, -0.2) is 13.1 Å². The largest absolute Gasteiger partial charge is 0.381 e. The van der Waals surface area contributed by atoms with Gasteiger partial charge in [0.15, 0.2) is 0 Å². The quantitative estimate of drug-likeness (QED) is 0.628. The SMILES string of the molecule is CNCc1cc(S(=O)(=O)NCCCOCC2CC2)cn1C. The minimum atomic E-state index is -3.43. The van der Waals surface area contributed by atoms with Crippen LogP contribution in [0.5, 0.6) is 0 Å². The van der Waals surface area contributed by atoms with Gasteiger partial charge in [0.05, 0.1) is 4.90 Å². The van der Waals surface area contributed by atoms with E-state index in [0.717, 1.165) is 18.2 Å². The van der Waals surface area contributed by atoms with E-state index in [-0.39, 0.29) is 0 Å². The number of sulfonamides is 1. The smallest absolute Gasteiger partial charge is 0.242 e. The third-order valence-corrected chi connectivity index (χ3v) is 4.99. The minimum absolute atomic E-state index is 0.314. The molecule has 7 heteroatoms. The number of nitrogens with one attached hydrogen (secondary N) is 2. The van der Waals surface area contributed by atoms with Gasteiger partial charge in [-0.05, 0) is 38.3 Å². The summed E-state index contributed by atoms with van der Waals surface area (Å²) in [5.41, 5.74) is 0.936. The molecule has 1 saturated carbocycles. The van der Waals surface area contributed by atoms with E-state index in [2.05, 4.69) is 10.0 Å². The van der Waals surface area contributed by atoms with Crippen molar-refractivity contribution in [3.05, 3.63) is 18.0 Å². The molecule has 0 saturated heterocycles. The number of ether oxygens (including phenoxy) is 1. The third-order valence-electron chi connectivity index (χ3n) is 3.56. The number of hydrogen-bond donors (Lipinski definition) is 2. The summed E-state index contributed by atoms with van der Waals surface area (Å²) in [5.74, 6) is 0.747. The van der Waals surface area contributed by atoms with Crippen LogP contribution in [0.3, 0.4) is 0 Å². The van der Waals surface area contributed by atoms with Crippen molar-refractivity contribution in [2.75, 3.05) is 26.8 Å². The molecule has 2 N–H and O–H groups in total. The van der Waals surface area contributed by atoms with Gasteiger partial charge in [-0.2, -0.15) is 0 Å². The monoisotopic (exact) mass is 315 g/mol. The molecule has 21 heavy (non-hydrogen) atoms. The first kappa shape index (κ1) is 16.5. The summed E-state index contributed by atoms with van der Waals surface area (Å²) in [5, 5.41) is 3.02. The topological polar surface area (TPSA) is 72.4 Å². The molecular formula is C14H25N3O3S. The van der Waals surface area contributed by atoms with Gasteiger partial charge in [-0.1, -0.05) is 0 Å². The van der Waals surface area contributed by atoms with Crippen LogP contribution in [0.4, 0.5) is 0 Å². The zero-order valence-electron chi connectivity index (χ0n) is 12.8. The van der Waals surface area contributed by atoms with Gasteiger partial charge >= 0.3 is 0 Å². The molecule has 0 spiro atoms. The van der Waals surface area contributed by atoms with E-state index in [1.165, 1.54) is 12.8 Å². The van der Waals surface area contributed by atoms with Crippen LogP contribution in [0.1, 0.15) is 25.0 Å². The lowest BCUT2D eigenvalue weighted by molar-refractivity contribution is 0.123. The molecule has 2 rings (SSSR count). The Bertz CT molecular complexity index is 550. The van der Waals surface area contributed by atoms with Crippen LogP contribution in [0.25, 0.3) is 0 Å². The number of nitrogens with zero attached hydrogens (tertiary/aromatic N) is 1. The number of aryl methyl sites for hydroxylation is 1. The summed E-state index contributed by atoms with van der Waals surface area (Å²) in [6.07, 6.45) is 4.88. The average molecular weight is 315 g/mol. The zero-order valence-corrected chi connectivity index (χ0v) is 13.6. The predicted molar refractivity (Wildman–Crippen MR) is 81.5 cm³/mol. The van der Waals surface area contributed by atoms with Crippen molar-refractivity contribution in [2.24, 2.45) is 13.0 Å². The van der Waals surface area contributed by atoms with Crippen LogP contribution in [-0.4, -0.2) is 39.8 Å². The molecule has 0 aromatic carbocycles. The Kier molecular flexibility index (Phi) is 5.80. The second-order valence-corrected chi connectivity index (χ2v) is 7.34. The highest BCUT2D eigenvalue weighted by Gasteiger charge is 2.21. The highest BCUT2D eigenvalue weighted by atomic mass is 32.2. The average Bonchev–Trinajstić information content (AvgIpc) is 3.18. The lowest BCUT2D eigenvalue weighted by Gasteiger charge is -2.05. The fourth-order valence-corrected chi connectivity index (χ4v) is 3.25. The van der Waals surface area contributed by atoms with E-state index in [9.17, 15) is 8.42 Å². The van der Waals surface area contributed by atoms with Gasteiger partial charge in [-0.15, -0.1) is 0 Å². The summed E-state index contributed by atoms with van der Waals surface area (Å²) < 4.78 is 34.3. The Morgan fingerprint density at radius 1 is 1.43 bits per heavy atom. The maximum Gasteiger partial charge on any atom is 0.242 e. The molecule has 120 valence electrons. The van der Waals surface area contributed by atoms with Gasteiger partial charge in [-0.3, -0.25) is 0 Å². The summed E-state index contributed by atoms with van der Waals surface area (Å²) in [6.45, 7) is 2.47. The van der Waals surface area contributed by atoms with Crippen LogP contribution in [0.15, 0.2) is 17.2 Å². The van der Waals surface area contributed by atoms with Crippen molar-refractivity contribution in [1.29, 1.82) is 0 Å². The molecule has 1 aromatic rings. The van der Waals surface area contributed by atoms with Gasteiger partial charge in [0.1, 0.15) is 0 Å². The maximum atomic E-state index is 12.2. The molecule has 1 aromatic heterocycles. The molecule has 0 atom stereocenters. The number of hydrogen-bond acceptors (Lipinski definition) is 4. The Morgan fingerprint density at radius 3 is 2.86 bits per heavy atom. The summed E-state index contributed by atoms with van der Waals surface area (Å²) in [4.78, 5) is 0.314. The summed E-state index contributed by atoms with van der Waals surface area (Å²) >= 11 is 0. The Hall–Kier alpha value is -0.890. The number of rotatable bonds is 10. The van der Waals surface area contributed by atoms with E-state index < -0.39 is 10.0 Å². The van der Waals surface area contributed by atoms with Crippen LogP contribution in [0, 0.1) is 5.92 Å². The van der Waals surface area contributed by atoms with Gasteiger partial charge in [0, 0.05) is 45.2 Å². The molecular weight excluding hydrogens is 290 g/mol. The van der Waals surface area contributed by atoms with Crippen LogP contribution >= 0.6 is 0 Å². The van der Waals surface area contributed by atoms with E-state index in [4.69, 9.17) is 4.74 Å². The molecule has 1 aliphatic rings. The van der Waals surface area contributed by atoms with Crippen molar-refractivity contribution in [1.82, 2.24) is 14.6 Å². The normalized spacial score (nSPS) is 15.5. The molecule has 0 aliphatic heterocycles. The molecule has 0 unspecified atom stereocenters. The van der Waals surface area contributed by atoms with Gasteiger partial charge in [0.2, 0.25) is 10.0 Å². The molecule has 0 radical (unpaired) electrons. The third kappa shape index (κ3) is 5.10. The molecule has 0 amide bonds.